The van der Waals surface area contributed by atoms with Crippen LogP contribution in [0.15, 0.2) is 30.3 Å². The quantitative estimate of drug-likeness (QED) is 0.840. The summed E-state index contributed by atoms with van der Waals surface area (Å²) in [6, 6.07) is 11.3. The average Bonchev–Trinajstić information content (AvgIpc) is 2.91. The predicted molar refractivity (Wildman–Crippen MR) is 90.7 cm³/mol. The molecule has 1 aliphatic heterocycles. The minimum atomic E-state index is -0.328. The Morgan fingerprint density at radius 1 is 1.32 bits per heavy atom. The van der Waals surface area contributed by atoms with Crippen LogP contribution in [0.5, 0.6) is 0 Å². The molecule has 4 nitrogen and oxygen atoms in total. The first-order valence-corrected chi connectivity index (χ1v) is 8.04. The number of hydrogen-bond donors (Lipinski definition) is 2. The Kier molecular flexibility index (Phi) is 8.13. The maximum atomic E-state index is 10.2. The van der Waals surface area contributed by atoms with Crippen molar-refractivity contribution in [1.29, 1.82) is 0 Å². The second-order valence-electron chi connectivity index (χ2n) is 6.62. The maximum absolute atomic E-state index is 10.2. The van der Waals surface area contributed by atoms with Gasteiger partial charge in [0.2, 0.25) is 0 Å². The second-order valence-corrected chi connectivity index (χ2v) is 6.62. The molecule has 0 spiro atoms. The Hall–Kier alpha value is -1.39. The molecule has 0 bridgehead atoms. The first kappa shape index (κ1) is 18.7. The number of rotatable bonds is 4. The van der Waals surface area contributed by atoms with Crippen molar-refractivity contribution >= 4 is 5.97 Å². The lowest BCUT2D eigenvalue weighted by Gasteiger charge is -2.17. The molecule has 0 amide bonds. The molecule has 1 aromatic rings. The fourth-order valence-corrected chi connectivity index (χ4v) is 2.35. The Bertz CT molecular complexity index is 420. The summed E-state index contributed by atoms with van der Waals surface area (Å²) in [7, 11) is 0. The monoisotopic (exact) mass is 306 g/mol. The van der Waals surface area contributed by atoms with Crippen LogP contribution >= 0.6 is 0 Å². The molecule has 1 unspecified atom stereocenters. The van der Waals surface area contributed by atoms with E-state index in [1.807, 2.05) is 20.8 Å². The van der Waals surface area contributed by atoms with Crippen molar-refractivity contribution in [2.45, 2.75) is 58.7 Å². The van der Waals surface area contributed by atoms with Gasteiger partial charge in [0.1, 0.15) is 5.60 Å². The molecule has 1 atom stereocenters. The summed E-state index contributed by atoms with van der Waals surface area (Å²) in [5.74, 6) is -0.225. The van der Waals surface area contributed by atoms with Gasteiger partial charge < -0.3 is 15.4 Å². The zero-order chi connectivity index (χ0) is 16.4. The first-order valence-electron chi connectivity index (χ1n) is 8.04. The fourth-order valence-electron chi connectivity index (χ4n) is 2.35. The summed E-state index contributed by atoms with van der Waals surface area (Å²) >= 11 is 0. The second kappa shape index (κ2) is 9.59. The van der Waals surface area contributed by atoms with Gasteiger partial charge in [0.15, 0.2) is 0 Å². The zero-order valence-electron chi connectivity index (χ0n) is 14.3. The molecule has 0 aliphatic carbocycles. The van der Waals surface area contributed by atoms with E-state index in [0.29, 0.717) is 6.04 Å². The third-order valence-electron chi connectivity index (χ3n) is 3.17. The molecule has 2 N–H and O–H groups in total. The van der Waals surface area contributed by atoms with Crippen LogP contribution in [0.25, 0.3) is 0 Å². The first-order chi connectivity index (χ1) is 10.4. The summed E-state index contributed by atoms with van der Waals surface area (Å²) in [4.78, 5) is 10.2. The molecule has 1 aromatic carbocycles. The molecule has 0 saturated carbocycles. The Balaban J connectivity index is 0.000000261. The lowest BCUT2D eigenvalue weighted by Crippen LogP contribution is -2.33. The topological polar surface area (TPSA) is 50.4 Å². The van der Waals surface area contributed by atoms with E-state index in [9.17, 15) is 4.79 Å². The highest BCUT2D eigenvalue weighted by Crippen LogP contribution is 2.05. The van der Waals surface area contributed by atoms with Crippen LogP contribution in [0.2, 0.25) is 0 Å². The predicted octanol–water partition coefficient (Wildman–Crippen LogP) is 2.88. The summed E-state index contributed by atoms with van der Waals surface area (Å²) in [6.45, 7) is 10.2. The standard InChI is InChI=1S/C12H18N2.C6H12O2/c1-2-5-11(6-3-1)9-13-10-12-7-4-8-14-12;1-5(7)8-6(2,3)4/h1-3,5-6,12-14H,4,7-10H2;1-4H3. The molecule has 0 aromatic heterocycles. The molecule has 4 heteroatoms. The Morgan fingerprint density at radius 3 is 2.45 bits per heavy atom. The highest BCUT2D eigenvalue weighted by atomic mass is 16.6. The molecular formula is C18H30N2O2. The molecule has 1 saturated heterocycles. The lowest BCUT2D eigenvalue weighted by atomic mass is 10.2. The minimum Gasteiger partial charge on any atom is -0.460 e. The van der Waals surface area contributed by atoms with Gasteiger partial charge in [0, 0.05) is 26.1 Å². The van der Waals surface area contributed by atoms with E-state index < -0.39 is 0 Å². The molecule has 22 heavy (non-hydrogen) atoms. The van der Waals surface area contributed by atoms with E-state index in [2.05, 4.69) is 41.0 Å². The Morgan fingerprint density at radius 2 is 2.00 bits per heavy atom. The van der Waals surface area contributed by atoms with Crippen molar-refractivity contribution in [3.8, 4) is 0 Å². The molecule has 1 heterocycles. The lowest BCUT2D eigenvalue weighted by molar-refractivity contribution is -0.151. The van der Waals surface area contributed by atoms with Crippen LogP contribution in [-0.4, -0.2) is 30.7 Å². The van der Waals surface area contributed by atoms with Crippen molar-refractivity contribution < 1.29 is 9.53 Å². The van der Waals surface area contributed by atoms with E-state index in [1.165, 1.54) is 31.9 Å². The molecule has 1 aliphatic rings. The van der Waals surface area contributed by atoms with Gasteiger partial charge in [0.05, 0.1) is 0 Å². The smallest absolute Gasteiger partial charge is 0.303 e. The van der Waals surface area contributed by atoms with Gasteiger partial charge in [-0.1, -0.05) is 30.3 Å². The van der Waals surface area contributed by atoms with Crippen molar-refractivity contribution in [2.24, 2.45) is 0 Å². The number of carbonyl (C=O) groups is 1. The van der Waals surface area contributed by atoms with Crippen LogP contribution < -0.4 is 10.6 Å². The van der Waals surface area contributed by atoms with Crippen molar-refractivity contribution in [1.82, 2.24) is 10.6 Å². The van der Waals surface area contributed by atoms with E-state index in [-0.39, 0.29) is 11.6 Å². The number of hydrogen-bond acceptors (Lipinski definition) is 4. The van der Waals surface area contributed by atoms with E-state index in [1.54, 1.807) is 0 Å². The SMILES string of the molecule is CC(=O)OC(C)(C)C.c1ccc(CNCC2CCCN2)cc1. The summed E-state index contributed by atoms with van der Waals surface area (Å²) < 4.78 is 4.80. The number of ether oxygens (including phenoxy) is 1. The van der Waals surface area contributed by atoms with Crippen LogP contribution in [0.1, 0.15) is 46.1 Å². The van der Waals surface area contributed by atoms with Crippen molar-refractivity contribution in [3.05, 3.63) is 35.9 Å². The van der Waals surface area contributed by atoms with Gasteiger partial charge in [-0.3, -0.25) is 4.79 Å². The van der Waals surface area contributed by atoms with Crippen LogP contribution in [0.4, 0.5) is 0 Å². The third kappa shape index (κ3) is 9.53. The zero-order valence-corrected chi connectivity index (χ0v) is 14.3. The van der Waals surface area contributed by atoms with Gasteiger partial charge in [-0.2, -0.15) is 0 Å². The van der Waals surface area contributed by atoms with Crippen LogP contribution in [-0.2, 0) is 16.1 Å². The van der Waals surface area contributed by atoms with Crippen LogP contribution in [0, 0.1) is 0 Å². The van der Waals surface area contributed by atoms with Gasteiger partial charge in [-0.05, 0) is 45.7 Å². The highest BCUT2D eigenvalue weighted by Gasteiger charge is 2.12. The highest BCUT2D eigenvalue weighted by molar-refractivity contribution is 5.66. The van der Waals surface area contributed by atoms with Crippen molar-refractivity contribution in [2.75, 3.05) is 13.1 Å². The number of nitrogens with one attached hydrogen (secondary N) is 2. The molecule has 1 fully saturated rings. The normalized spacial score (nSPS) is 17.5. The largest absolute Gasteiger partial charge is 0.460 e. The van der Waals surface area contributed by atoms with Gasteiger partial charge in [0.25, 0.3) is 0 Å². The fraction of sp³-hybridized carbons (Fsp3) is 0.611. The number of esters is 1. The minimum absolute atomic E-state index is 0.225. The third-order valence-corrected chi connectivity index (χ3v) is 3.17. The summed E-state index contributed by atoms with van der Waals surface area (Å²) in [5.41, 5.74) is 1.04. The number of benzene rings is 1. The summed E-state index contributed by atoms with van der Waals surface area (Å²) in [6.07, 6.45) is 2.65. The average molecular weight is 306 g/mol. The van der Waals surface area contributed by atoms with Crippen molar-refractivity contribution in [3.63, 3.8) is 0 Å². The van der Waals surface area contributed by atoms with E-state index in [0.717, 1.165) is 13.1 Å². The molecule has 2 rings (SSSR count). The molecular weight excluding hydrogens is 276 g/mol. The van der Waals surface area contributed by atoms with Crippen LogP contribution in [0.3, 0.4) is 0 Å². The van der Waals surface area contributed by atoms with Gasteiger partial charge >= 0.3 is 5.97 Å². The van der Waals surface area contributed by atoms with E-state index in [4.69, 9.17) is 4.74 Å². The van der Waals surface area contributed by atoms with Gasteiger partial charge in [-0.25, -0.2) is 0 Å². The molecule has 124 valence electrons. The van der Waals surface area contributed by atoms with Gasteiger partial charge in [-0.15, -0.1) is 0 Å². The summed E-state index contributed by atoms with van der Waals surface area (Å²) in [5, 5.41) is 6.96. The maximum Gasteiger partial charge on any atom is 0.303 e. The van der Waals surface area contributed by atoms with E-state index >= 15 is 0 Å². The Labute approximate surface area is 134 Å². The molecule has 0 radical (unpaired) electrons. The number of carbonyl (C=O) groups excluding carboxylic acids is 1.